The summed E-state index contributed by atoms with van der Waals surface area (Å²) in [6, 6.07) is 5.45. The van der Waals surface area contributed by atoms with E-state index in [1.807, 2.05) is 13.0 Å². The van der Waals surface area contributed by atoms with Crippen LogP contribution in [0.25, 0.3) is 0 Å². The maximum atomic E-state index is 10.9. The largest absolute Gasteiger partial charge is 0.479 e. The zero-order valence-electron chi connectivity index (χ0n) is 9.37. The third-order valence-electron chi connectivity index (χ3n) is 2.36. The molecule has 1 aromatic carbocycles. The summed E-state index contributed by atoms with van der Waals surface area (Å²) in [6.45, 7) is 4.09. The Balaban J connectivity index is 2.84. The number of carboxylic acids is 1. The number of aliphatic carboxylic acids is 1. The van der Waals surface area contributed by atoms with Gasteiger partial charge in [0.15, 0.2) is 6.10 Å². The number of rotatable bonds is 5. The van der Waals surface area contributed by atoms with Gasteiger partial charge in [-0.2, -0.15) is 0 Å². The first-order valence-electron chi connectivity index (χ1n) is 5.14. The second-order valence-corrected chi connectivity index (χ2v) is 3.99. The van der Waals surface area contributed by atoms with Gasteiger partial charge in [-0.3, -0.25) is 0 Å². The fourth-order valence-electron chi connectivity index (χ4n) is 1.48. The molecule has 1 unspecified atom stereocenters. The highest BCUT2D eigenvalue weighted by Gasteiger charge is 2.18. The average Bonchev–Trinajstić information content (AvgIpc) is 2.22. The Bertz CT molecular complexity index is 377. The highest BCUT2D eigenvalue weighted by atomic mass is 35.5. The van der Waals surface area contributed by atoms with Crippen LogP contribution in [0.1, 0.15) is 18.1 Å². The molecule has 3 nitrogen and oxygen atoms in total. The van der Waals surface area contributed by atoms with Gasteiger partial charge in [0.25, 0.3) is 0 Å². The van der Waals surface area contributed by atoms with E-state index in [0.29, 0.717) is 18.1 Å². The lowest BCUT2D eigenvalue weighted by molar-refractivity contribution is -0.149. The van der Waals surface area contributed by atoms with Crippen molar-refractivity contribution in [2.24, 2.45) is 0 Å². The smallest absolute Gasteiger partial charge is 0.333 e. The van der Waals surface area contributed by atoms with Gasteiger partial charge in [-0.05, 0) is 37.1 Å². The summed E-state index contributed by atoms with van der Waals surface area (Å²) in [7, 11) is 0. The molecule has 1 aromatic rings. The molecule has 0 radical (unpaired) electrons. The SMILES string of the molecule is CCOC(Cc1cc(Cl)ccc1C)C(=O)O. The van der Waals surface area contributed by atoms with Crippen LogP contribution >= 0.6 is 11.6 Å². The van der Waals surface area contributed by atoms with Gasteiger partial charge < -0.3 is 9.84 Å². The van der Waals surface area contributed by atoms with Crippen LogP contribution in [0.4, 0.5) is 0 Å². The van der Waals surface area contributed by atoms with Crippen molar-refractivity contribution in [1.29, 1.82) is 0 Å². The van der Waals surface area contributed by atoms with Gasteiger partial charge in [-0.15, -0.1) is 0 Å². The van der Waals surface area contributed by atoms with E-state index in [9.17, 15) is 4.79 Å². The molecular formula is C12H15ClO3. The molecule has 0 aromatic heterocycles. The lowest BCUT2D eigenvalue weighted by Crippen LogP contribution is -2.26. The molecule has 0 aliphatic carbocycles. The quantitative estimate of drug-likeness (QED) is 0.864. The summed E-state index contributed by atoms with van der Waals surface area (Å²) in [5.74, 6) is -0.943. The van der Waals surface area contributed by atoms with Crippen LogP contribution in [0.2, 0.25) is 5.02 Å². The lowest BCUT2D eigenvalue weighted by Gasteiger charge is -2.14. The van der Waals surface area contributed by atoms with Crippen LogP contribution in [-0.2, 0) is 16.0 Å². The minimum atomic E-state index is -0.943. The predicted molar refractivity (Wildman–Crippen MR) is 62.9 cm³/mol. The van der Waals surface area contributed by atoms with Gasteiger partial charge in [-0.25, -0.2) is 4.79 Å². The number of halogens is 1. The number of hydrogen-bond donors (Lipinski definition) is 1. The van der Waals surface area contributed by atoms with E-state index in [2.05, 4.69) is 0 Å². The first kappa shape index (κ1) is 13.0. The van der Waals surface area contributed by atoms with Crippen molar-refractivity contribution in [2.45, 2.75) is 26.4 Å². The maximum Gasteiger partial charge on any atom is 0.333 e. The summed E-state index contributed by atoms with van der Waals surface area (Å²) in [5, 5.41) is 9.58. The third kappa shape index (κ3) is 3.51. The van der Waals surface area contributed by atoms with E-state index in [1.165, 1.54) is 0 Å². The van der Waals surface area contributed by atoms with Crippen molar-refractivity contribution in [2.75, 3.05) is 6.61 Å². The van der Waals surface area contributed by atoms with Gasteiger partial charge in [-0.1, -0.05) is 17.7 Å². The Morgan fingerprint density at radius 3 is 2.81 bits per heavy atom. The van der Waals surface area contributed by atoms with E-state index in [0.717, 1.165) is 11.1 Å². The average molecular weight is 243 g/mol. The van der Waals surface area contributed by atoms with Crippen molar-refractivity contribution in [1.82, 2.24) is 0 Å². The molecule has 0 aliphatic rings. The number of hydrogen-bond acceptors (Lipinski definition) is 2. The molecule has 0 heterocycles. The maximum absolute atomic E-state index is 10.9. The monoisotopic (exact) mass is 242 g/mol. The predicted octanol–water partition coefficient (Wildman–Crippen LogP) is 2.68. The molecular weight excluding hydrogens is 228 g/mol. The minimum Gasteiger partial charge on any atom is -0.479 e. The Morgan fingerprint density at radius 1 is 1.56 bits per heavy atom. The second-order valence-electron chi connectivity index (χ2n) is 3.56. The zero-order chi connectivity index (χ0) is 12.1. The summed E-state index contributed by atoms with van der Waals surface area (Å²) in [4.78, 5) is 10.9. The fourth-order valence-corrected chi connectivity index (χ4v) is 1.67. The number of ether oxygens (including phenoxy) is 1. The van der Waals surface area contributed by atoms with Crippen molar-refractivity contribution in [3.8, 4) is 0 Å². The van der Waals surface area contributed by atoms with Crippen LogP contribution in [0.15, 0.2) is 18.2 Å². The van der Waals surface area contributed by atoms with E-state index < -0.39 is 12.1 Å². The van der Waals surface area contributed by atoms with Crippen molar-refractivity contribution < 1.29 is 14.6 Å². The molecule has 0 amide bonds. The van der Waals surface area contributed by atoms with Gasteiger partial charge in [0, 0.05) is 18.1 Å². The summed E-state index contributed by atoms with van der Waals surface area (Å²) in [6.07, 6.45) is -0.461. The van der Waals surface area contributed by atoms with Gasteiger partial charge in [0.2, 0.25) is 0 Å². The van der Waals surface area contributed by atoms with Gasteiger partial charge >= 0.3 is 5.97 Å². The minimum absolute atomic E-state index is 0.343. The van der Waals surface area contributed by atoms with E-state index in [-0.39, 0.29) is 0 Å². The third-order valence-corrected chi connectivity index (χ3v) is 2.59. The highest BCUT2D eigenvalue weighted by molar-refractivity contribution is 6.30. The summed E-state index contributed by atoms with van der Waals surface area (Å²) >= 11 is 5.87. The molecule has 88 valence electrons. The molecule has 4 heteroatoms. The zero-order valence-corrected chi connectivity index (χ0v) is 10.1. The van der Waals surface area contributed by atoms with Gasteiger partial charge in [0.1, 0.15) is 0 Å². The number of carboxylic acid groups (broad SMARTS) is 1. The summed E-state index contributed by atoms with van der Waals surface area (Å²) < 4.78 is 5.16. The molecule has 0 saturated carbocycles. The van der Waals surface area contributed by atoms with E-state index in [1.54, 1.807) is 19.1 Å². The molecule has 1 atom stereocenters. The van der Waals surface area contributed by atoms with Gasteiger partial charge in [0.05, 0.1) is 0 Å². The normalized spacial score (nSPS) is 12.4. The van der Waals surface area contributed by atoms with Crippen LogP contribution in [0.3, 0.4) is 0 Å². The number of aryl methyl sites for hydroxylation is 1. The van der Waals surface area contributed by atoms with Crippen LogP contribution < -0.4 is 0 Å². The Kier molecular flexibility index (Phi) is 4.77. The number of carbonyl (C=O) groups is 1. The molecule has 0 spiro atoms. The van der Waals surface area contributed by atoms with Crippen LogP contribution in [-0.4, -0.2) is 23.8 Å². The van der Waals surface area contributed by atoms with Crippen molar-refractivity contribution in [3.05, 3.63) is 34.3 Å². The van der Waals surface area contributed by atoms with Crippen LogP contribution in [0, 0.1) is 6.92 Å². The molecule has 16 heavy (non-hydrogen) atoms. The Labute approximate surface area is 100.0 Å². The molecule has 0 aliphatic heterocycles. The Hall–Kier alpha value is -1.06. The van der Waals surface area contributed by atoms with E-state index in [4.69, 9.17) is 21.4 Å². The first-order chi connectivity index (χ1) is 7.54. The van der Waals surface area contributed by atoms with Crippen LogP contribution in [0.5, 0.6) is 0 Å². The molecule has 1 rings (SSSR count). The molecule has 0 bridgehead atoms. The molecule has 0 fully saturated rings. The summed E-state index contributed by atoms with van der Waals surface area (Å²) in [5.41, 5.74) is 1.93. The molecule has 0 saturated heterocycles. The lowest BCUT2D eigenvalue weighted by atomic mass is 10.0. The number of benzene rings is 1. The standard InChI is InChI=1S/C12H15ClO3/c1-3-16-11(12(14)15)7-9-6-10(13)5-4-8(9)2/h4-6,11H,3,7H2,1-2H3,(H,14,15). The van der Waals surface area contributed by atoms with Crippen molar-refractivity contribution in [3.63, 3.8) is 0 Å². The van der Waals surface area contributed by atoms with Crippen molar-refractivity contribution >= 4 is 17.6 Å². The topological polar surface area (TPSA) is 46.5 Å². The molecule has 1 N–H and O–H groups in total. The highest BCUT2D eigenvalue weighted by Crippen LogP contribution is 2.17. The fraction of sp³-hybridized carbons (Fsp3) is 0.417. The van der Waals surface area contributed by atoms with E-state index >= 15 is 0 Å². The Morgan fingerprint density at radius 2 is 2.25 bits per heavy atom. The first-order valence-corrected chi connectivity index (χ1v) is 5.51. The second kappa shape index (κ2) is 5.87.